The van der Waals surface area contributed by atoms with Gasteiger partial charge in [-0.2, -0.15) is 11.8 Å². The molecule has 2 N–H and O–H groups in total. The van der Waals surface area contributed by atoms with Crippen LogP contribution in [0, 0.1) is 0 Å². The van der Waals surface area contributed by atoms with Crippen molar-refractivity contribution in [2.75, 3.05) is 5.75 Å². The zero-order valence-corrected chi connectivity index (χ0v) is 6.57. The van der Waals surface area contributed by atoms with E-state index in [4.69, 9.17) is 0 Å². The Morgan fingerprint density at radius 3 is 3.10 bits per heavy atom. The predicted octanol–water partition coefficient (Wildman–Crippen LogP) is 0.172. The van der Waals surface area contributed by atoms with E-state index in [0.717, 1.165) is 5.75 Å². The quantitative estimate of drug-likeness (QED) is 0.493. The minimum atomic E-state index is 0.00199. The van der Waals surface area contributed by atoms with Gasteiger partial charge in [0.05, 0.1) is 12.1 Å². The summed E-state index contributed by atoms with van der Waals surface area (Å²) >= 11 is 1.91. The number of fused-ring (bicyclic) bond motifs is 1. The molecular weight excluding hydrogens is 148 g/mol. The third-order valence-electron chi connectivity index (χ3n) is 2.09. The maximum Gasteiger partial charge on any atom is 0.315 e. The van der Waals surface area contributed by atoms with E-state index in [0.29, 0.717) is 17.3 Å². The Balaban J connectivity index is 2.12. The van der Waals surface area contributed by atoms with Gasteiger partial charge in [-0.15, -0.1) is 0 Å². The van der Waals surface area contributed by atoms with E-state index in [1.54, 1.807) is 0 Å². The number of rotatable bonds is 0. The van der Waals surface area contributed by atoms with Crippen molar-refractivity contribution in [1.82, 2.24) is 10.6 Å². The van der Waals surface area contributed by atoms with Gasteiger partial charge >= 0.3 is 6.03 Å². The number of thioether (sulfide) groups is 1. The summed E-state index contributed by atoms with van der Waals surface area (Å²) in [6, 6.07) is 0.757. The molecular formula is C6H10N2OS. The monoisotopic (exact) mass is 158 g/mol. The molecule has 0 aromatic rings. The van der Waals surface area contributed by atoms with E-state index in [-0.39, 0.29) is 6.03 Å². The predicted molar refractivity (Wildman–Crippen MR) is 41.2 cm³/mol. The molecule has 3 atom stereocenters. The van der Waals surface area contributed by atoms with Crippen molar-refractivity contribution in [3.8, 4) is 0 Å². The van der Waals surface area contributed by atoms with Crippen LogP contribution in [0.3, 0.4) is 0 Å². The van der Waals surface area contributed by atoms with Crippen LogP contribution >= 0.6 is 11.8 Å². The van der Waals surface area contributed by atoms with Gasteiger partial charge in [-0.3, -0.25) is 0 Å². The van der Waals surface area contributed by atoms with E-state index in [1.165, 1.54) is 0 Å². The molecule has 0 bridgehead atoms. The Bertz CT molecular complexity index is 173. The van der Waals surface area contributed by atoms with Crippen molar-refractivity contribution in [1.29, 1.82) is 0 Å². The average Bonchev–Trinajstić information content (AvgIpc) is 2.35. The molecule has 10 heavy (non-hydrogen) atoms. The number of hydrogen-bond donors (Lipinski definition) is 2. The highest BCUT2D eigenvalue weighted by Crippen LogP contribution is 2.28. The smallest absolute Gasteiger partial charge is 0.315 e. The zero-order chi connectivity index (χ0) is 7.14. The Morgan fingerprint density at radius 2 is 2.40 bits per heavy atom. The number of carbonyl (C=O) groups is 1. The van der Waals surface area contributed by atoms with Crippen LogP contribution in [0.15, 0.2) is 0 Å². The fraction of sp³-hybridized carbons (Fsp3) is 0.833. The van der Waals surface area contributed by atoms with Crippen molar-refractivity contribution in [2.24, 2.45) is 0 Å². The molecule has 2 aliphatic rings. The summed E-state index contributed by atoms with van der Waals surface area (Å²) in [5.41, 5.74) is 0. The van der Waals surface area contributed by atoms with Gasteiger partial charge in [-0.05, 0) is 0 Å². The van der Waals surface area contributed by atoms with E-state index < -0.39 is 0 Å². The first-order valence-corrected chi connectivity index (χ1v) is 4.51. The van der Waals surface area contributed by atoms with Gasteiger partial charge in [-0.1, -0.05) is 6.92 Å². The van der Waals surface area contributed by atoms with Crippen LogP contribution in [0.1, 0.15) is 6.92 Å². The molecule has 0 aromatic carbocycles. The third-order valence-corrected chi connectivity index (χ3v) is 3.46. The Kier molecular flexibility index (Phi) is 1.30. The summed E-state index contributed by atoms with van der Waals surface area (Å²) in [7, 11) is 0. The fourth-order valence-corrected chi connectivity index (χ4v) is 2.77. The SMILES string of the molecule is C[C@@H]1SCC2NC(=O)NC21. The first kappa shape index (κ1) is 6.34. The van der Waals surface area contributed by atoms with Gasteiger partial charge in [-0.25, -0.2) is 4.79 Å². The Labute approximate surface area is 63.9 Å². The molecule has 0 saturated carbocycles. The topological polar surface area (TPSA) is 41.1 Å². The van der Waals surface area contributed by atoms with Crippen molar-refractivity contribution in [3.63, 3.8) is 0 Å². The van der Waals surface area contributed by atoms with Crippen molar-refractivity contribution < 1.29 is 4.79 Å². The summed E-state index contributed by atoms with van der Waals surface area (Å²) in [6.45, 7) is 2.16. The van der Waals surface area contributed by atoms with E-state index in [9.17, 15) is 4.79 Å². The molecule has 2 rings (SSSR count). The van der Waals surface area contributed by atoms with Gasteiger partial charge in [0.2, 0.25) is 0 Å². The number of amides is 2. The molecule has 2 unspecified atom stereocenters. The first-order chi connectivity index (χ1) is 4.77. The molecule has 56 valence electrons. The van der Waals surface area contributed by atoms with Crippen molar-refractivity contribution >= 4 is 17.8 Å². The van der Waals surface area contributed by atoms with E-state index in [1.807, 2.05) is 11.8 Å². The maximum absolute atomic E-state index is 10.8. The number of hydrogen-bond acceptors (Lipinski definition) is 2. The van der Waals surface area contributed by atoms with Crippen LogP contribution < -0.4 is 10.6 Å². The van der Waals surface area contributed by atoms with Gasteiger partial charge in [0.1, 0.15) is 0 Å². The van der Waals surface area contributed by atoms with Crippen LogP contribution in [0.5, 0.6) is 0 Å². The highest BCUT2D eigenvalue weighted by atomic mass is 32.2. The summed E-state index contributed by atoms with van der Waals surface area (Å²) in [5.74, 6) is 1.06. The van der Waals surface area contributed by atoms with Gasteiger partial charge < -0.3 is 10.6 Å². The Morgan fingerprint density at radius 1 is 1.60 bits per heavy atom. The summed E-state index contributed by atoms with van der Waals surface area (Å²) in [6.07, 6.45) is 0. The average molecular weight is 158 g/mol. The van der Waals surface area contributed by atoms with Gasteiger partial charge in [0.25, 0.3) is 0 Å². The first-order valence-electron chi connectivity index (χ1n) is 3.46. The van der Waals surface area contributed by atoms with E-state index in [2.05, 4.69) is 17.6 Å². The van der Waals surface area contributed by atoms with Crippen LogP contribution in [-0.2, 0) is 0 Å². The molecule has 0 aliphatic carbocycles. The fourth-order valence-electron chi connectivity index (χ4n) is 1.50. The lowest BCUT2D eigenvalue weighted by Gasteiger charge is -2.09. The molecule has 2 saturated heterocycles. The summed E-state index contributed by atoms with van der Waals surface area (Å²) < 4.78 is 0. The summed E-state index contributed by atoms with van der Waals surface area (Å²) in [4.78, 5) is 10.8. The molecule has 0 spiro atoms. The zero-order valence-electron chi connectivity index (χ0n) is 5.76. The highest BCUT2D eigenvalue weighted by molar-refractivity contribution is 8.00. The lowest BCUT2D eigenvalue weighted by atomic mass is 10.1. The Hall–Kier alpha value is -0.380. The van der Waals surface area contributed by atoms with E-state index >= 15 is 0 Å². The lowest BCUT2D eigenvalue weighted by Crippen LogP contribution is -2.35. The lowest BCUT2D eigenvalue weighted by molar-refractivity contribution is 0.247. The maximum atomic E-state index is 10.8. The van der Waals surface area contributed by atoms with Crippen LogP contribution in [0.2, 0.25) is 0 Å². The van der Waals surface area contributed by atoms with Crippen molar-refractivity contribution in [2.45, 2.75) is 24.3 Å². The molecule has 2 heterocycles. The highest BCUT2D eigenvalue weighted by Gasteiger charge is 2.40. The number of carbonyl (C=O) groups excluding carboxylic acids is 1. The second-order valence-corrected chi connectivity index (χ2v) is 4.20. The second-order valence-electron chi connectivity index (χ2n) is 2.79. The summed E-state index contributed by atoms with van der Waals surface area (Å²) in [5, 5.41) is 6.34. The van der Waals surface area contributed by atoms with Crippen LogP contribution in [0.25, 0.3) is 0 Å². The van der Waals surface area contributed by atoms with Gasteiger partial charge in [0, 0.05) is 11.0 Å². The molecule has 2 aliphatic heterocycles. The van der Waals surface area contributed by atoms with Crippen LogP contribution in [-0.4, -0.2) is 29.1 Å². The molecule has 2 fully saturated rings. The van der Waals surface area contributed by atoms with Gasteiger partial charge in [0.15, 0.2) is 0 Å². The number of nitrogens with one attached hydrogen (secondary N) is 2. The molecule has 0 aromatic heterocycles. The minimum absolute atomic E-state index is 0.00199. The van der Waals surface area contributed by atoms with Crippen molar-refractivity contribution in [3.05, 3.63) is 0 Å². The number of urea groups is 1. The standard InChI is InChI=1S/C6H10N2OS/c1-3-5-4(2-10-3)7-6(9)8-5/h3-5H,2H2,1H3,(H2,7,8,9)/t3-,4?,5?/m0/s1. The second kappa shape index (κ2) is 2.05. The normalized spacial score (nSPS) is 44.5. The molecule has 0 radical (unpaired) electrons. The molecule has 4 heteroatoms. The third kappa shape index (κ3) is 0.785. The molecule has 3 nitrogen and oxygen atoms in total. The van der Waals surface area contributed by atoms with Crippen LogP contribution in [0.4, 0.5) is 4.79 Å². The largest absolute Gasteiger partial charge is 0.332 e. The minimum Gasteiger partial charge on any atom is -0.332 e. The molecule has 2 amide bonds.